The number of ether oxygens (including phenoxy) is 2. The fourth-order valence-corrected chi connectivity index (χ4v) is 1.56. The van der Waals surface area contributed by atoms with Crippen LogP contribution in [0.3, 0.4) is 0 Å². The lowest BCUT2D eigenvalue weighted by Gasteiger charge is -2.02. The van der Waals surface area contributed by atoms with Crippen molar-refractivity contribution in [3.05, 3.63) is 26.8 Å². The number of hydrogen-bond donors (Lipinski definition) is 0. The SMILES string of the molecule is O=Cc1c([N+](=O)[O-])cc2c(c1Cl)OCO2. The first-order valence-electron chi connectivity index (χ1n) is 3.87. The molecule has 6 nitrogen and oxygen atoms in total. The van der Waals surface area contributed by atoms with Crippen molar-refractivity contribution in [1.82, 2.24) is 0 Å². The van der Waals surface area contributed by atoms with Crippen molar-refractivity contribution in [1.29, 1.82) is 0 Å². The Bertz CT molecular complexity index is 459. The van der Waals surface area contributed by atoms with E-state index in [9.17, 15) is 14.9 Å². The van der Waals surface area contributed by atoms with Gasteiger partial charge in [-0.25, -0.2) is 0 Å². The van der Waals surface area contributed by atoms with Crippen LogP contribution in [0, 0.1) is 10.1 Å². The largest absolute Gasteiger partial charge is 0.453 e. The van der Waals surface area contributed by atoms with E-state index in [1.54, 1.807) is 0 Å². The Kier molecular flexibility index (Phi) is 2.20. The molecule has 0 amide bonds. The number of hydrogen-bond acceptors (Lipinski definition) is 5. The molecule has 0 aromatic heterocycles. The number of nitrogens with zero attached hydrogens (tertiary/aromatic N) is 1. The van der Waals surface area contributed by atoms with Gasteiger partial charge < -0.3 is 9.47 Å². The highest BCUT2D eigenvalue weighted by atomic mass is 35.5. The quantitative estimate of drug-likeness (QED) is 0.439. The van der Waals surface area contributed by atoms with Crippen LogP contribution in [0.4, 0.5) is 5.69 Å². The van der Waals surface area contributed by atoms with E-state index in [-0.39, 0.29) is 34.6 Å². The minimum Gasteiger partial charge on any atom is -0.453 e. The summed E-state index contributed by atoms with van der Waals surface area (Å²) in [7, 11) is 0. The molecule has 0 saturated carbocycles. The van der Waals surface area contributed by atoms with Gasteiger partial charge in [0, 0.05) is 0 Å². The van der Waals surface area contributed by atoms with E-state index in [4.69, 9.17) is 21.1 Å². The van der Waals surface area contributed by atoms with Gasteiger partial charge in [0.25, 0.3) is 5.69 Å². The third kappa shape index (κ3) is 1.39. The number of fused-ring (bicyclic) bond motifs is 1. The van der Waals surface area contributed by atoms with Crippen LogP contribution in [-0.2, 0) is 0 Å². The number of rotatable bonds is 2. The van der Waals surface area contributed by atoms with Gasteiger partial charge in [-0.05, 0) is 0 Å². The molecule has 7 heteroatoms. The normalized spacial score (nSPS) is 12.6. The molecule has 0 fully saturated rings. The molecule has 1 aromatic rings. The molecule has 2 rings (SSSR count). The molecule has 0 spiro atoms. The fourth-order valence-electron chi connectivity index (χ4n) is 1.27. The zero-order valence-electron chi connectivity index (χ0n) is 7.23. The molecule has 1 aliphatic heterocycles. The van der Waals surface area contributed by atoms with E-state index in [0.29, 0.717) is 6.29 Å². The highest BCUT2D eigenvalue weighted by Gasteiger charge is 2.28. The molecule has 0 bridgehead atoms. The van der Waals surface area contributed by atoms with E-state index in [0.717, 1.165) is 6.07 Å². The molecule has 0 radical (unpaired) electrons. The Labute approximate surface area is 88.5 Å². The van der Waals surface area contributed by atoms with Gasteiger partial charge in [-0.1, -0.05) is 11.6 Å². The van der Waals surface area contributed by atoms with Crippen molar-refractivity contribution in [2.75, 3.05) is 6.79 Å². The van der Waals surface area contributed by atoms with Crippen LogP contribution < -0.4 is 9.47 Å². The van der Waals surface area contributed by atoms with E-state index in [1.165, 1.54) is 0 Å². The molecule has 15 heavy (non-hydrogen) atoms. The number of carbonyl (C=O) groups excluding carboxylic acids is 1. The molecule has 0 aliphatic carbocycles. The maximum atomic E-state index is 10.7. The minimum atomic E-state index is -0.697. The molecular formula is C8H4ClNO5. The average Bonchev–Trinajstić information content (AvgIpc) is 2.65. The van der Waals surface area contributed by atoms with Crippen LogP contribution in [-0.4, -0.2) is 18.0 Å². The van der Waals surface area contributed by atoms with E-state index in [1.807, 2.05) is 0 Å². The van der Waals surface area contributed by atoms with Gasteiger partial charge in [0.15, 0.2) is 17.8 Å². The number of nitro groups is 1. The van der Waals surface area contributed by atoms with Gasteiger partial charge in [0.2, 0.25) is 6.79 Å². The van der Waals surface area contributed by atoms with E-state index in [2.05, 4.69) is 0 Å². The Hall–Kier alpha value is -1.82. The molecular weight excluding hydrogens is 226 g/mol. The Morgan fingerprint density at radius 1 is 1.53 bits per heavy atom. The first-order valence-corrected chi connectivity index (χ1v) is 4.24. The summed E-state index contributed by atoms with van der Waals surface area (Å²) in [5.41, 5.74) is -0.592. The number of carbonyl (C=O) groups is 1. The summed E-state index contributed by atoms with van der Waals surface area (Å²) >= 11 is 5.76. The van der Waals surface area contributed by atoms with Crippen LogP contribution in [0.2, 0.25) is 5.02 Å². The smallest absolute Gasteiger partial charge is 0.285 e. The second-order valence-electron chi connectivity index (χ2n) is 2.73. The third-order valence-corrected chi connectivity index (χ3v) is 2.31. The maximum absolute atomic E-state index is 10.7. The monoisotopic (exact) mass is 229 g/mol. The van der Waals surface area contributed by atoms with Gasteiger partial charge in [-0.2, -0.15) is 0 Å². The van der Waals surface area contributed by atoms with Crippen molar-refractivity contribution in [3.8, 4) is 11.5 Å². The standard InChI is InChI=1S/C8H4ClNO5/c9-7-4(2-11)5(10(12)13)1-6-8(7)15-3-14-6/h1-2H,3H2. The Morgan fingerprint density at radius 2 is 2.27 bits per heavy atom. The summed E-state index contributed by atoms with van der Waals surface area (Å²) in [4.78, 5) is 20.6. The maximum Gasteiger partial charge on any atom is 0.285 e. The first-order chi connectivity index (χ1) is 7.15. The number of nitro benzene ring substituents is 1. The van der Waals surface area contributed by atoms with Gasteiger partial charge in [0.05, 0.1) is 11.0 Å². The van der Waals surface area contributed by atoms with Crippen LogP contribution in [0.15, 0.2) is 6.07 Å². The molecule has 78 valence electrons. The predicted molar refractivity (Wildman–Crippen MR) is 49.6 cm³/mol. The van der Waals surface area contributed by atoms with Gasteiger partial charge in [0.1, 0.15) is 10.6 Å². The molecule has 0 saturated heterocycles. The zero-order chi connectivity index (χ0) is 11.0. The minimum absolute atomic E-state index is 0.0610. The summed E-state index contributed by atoms with van der Waals surface area (Å²) in [5.74, 6) is 0.349. The second-order valence-corrected chi connectivity index (χ2v) is 3.11. The van der Waals surface area contributed by atoms with E-state index < -0.39 is 4.92 Å². The van der Waals surface area contributed by atoms with Gasteiger partial charge >= 0.3 is 0 Å². The average molecular weight is 230 g/mol. The summed E-state index contributed by atoms with van der Waals surface area (Å²) in [6.07, 6.45) is 0.322. The fraction of sp³-hybridized carbons (Fsp3) is 0.125. The van der Waals surface area contributed by atoms with Crippen molar-refractivity contribution < 1.29 is 19.2 Å². The summed E-state index contributed by atoms with van der Waals surface area (Å²) in [5, 5.41) is 10.5. The first kappa shape index (κ1) is 9.72. The molecule has 0 atom stereocenters. The molecule has 1 aromatic carbocycles. The number of benzene rings is 1. The van der Waals surface area contributed by atoms with Crippen LogP contribution in [0.25, 0.3) is 0 Å². The lowest BCUT2D eigenvalue weighted by atomic mass is 10.1. The summed E-state index contributed by atoms with van der Waals surface area (Å²) in [6, 6.07) is 1.12. The van der Waals surface area contributed by atoms with Crippen molar-refractivity contribution in [2.24, 2.45) is 0 Å². The number of halogens is 1. The second kappa shape index (κ2) is 3.39. The van der Waals surface area contributed by atoms with Crippen molar-refractivity contribution >= 4 is 23.6 Å². The summed E-state index contributed by atoms with van der Waals surface area (Å²) in [6.45, 7) is -0.0610. The highest BCUT2D eigenvalue weighted by Crippen LogP contribution is 2.44. The van der Waals surface area contributed by atoms with Gasteiger partial charge in [-0.15, -0.1) is 0 Å². The molecule has 0 N–H and O–H groups in total. The number of aldehydes is 1. The lowest BCUT2D eigenvalue weighted by Crippen LogP contribution is -1.95. The topological polar surface area (TPSA) is 78.7 Å². The van der Waals surface area contributed by atoms with Crippen LogP contribution in [0.1, 0.15) is 10.4 Å². The zero-order valence-corrected chi connectivity index (χ0v) is 7.98. The molecule has 1 heterocycles. The lowest BCUT2D eigenvalue weighted by molar-refractivity contribution is -0.385. The third-order valence-electron chi connectivity index (χ3n) is 1.94. The molecule has 1 aliphatic rings. The Morgan fingerprint density at radius 3 is 2.87 bits per heavy atom. The molecule has 0 unspecified atom stereocenters. The van der Waals surface area contributed by atoms with Gasteiger partial charge in [-0.3, -0.25) is 14.9 Å². The highest BCUT2D eigenvalue weighted by molar-refractivity contribution is 6.35. The van der Waals surface area contributed by atoms with Crippen molar-refractivity contribution in [3.63, 3.8) is 0 Å². The van der Waals surface area contributed by atoms with Crippen molar-refractivity contribution in [2.45, 2.75) is 0 Å². The van der Waals surface area contributed by atoms with Crippen LogP contribution in [0.5, 0.6) is 11.5 Å². The van der Waals surface area contributed by atoms with Crippen LogP contribution >= 0.6 is 11.6 Å². The summed E-state index contributed by atoms with van der Waals surface area (Å²) < 4.78 is 9.91. The predicted octanol–water partition coefficient (Wildman–Crippen LogP) is 1.79. The van der Waals surface area contributed by atoms with E-state index >= 15 is 0 Å². The Balaban J connectivity index is 2.72.